The van der Waals surface area contributed by atoms with Gasteiger partial charge in [0.05, 0.1) is 17.5 Å². The number of nitrogens with zero attached hydrogens (tertiary/aromatic N) is 3. The summed E-state index contributed by atoms with van der Waals surface area (Å²) in [6.07, 6.45) is 3.44. The molecule has 0 bridgehead atoms. The molecule has 0 aromatic heterocycles. The largest absolute Gasteiger partial charge is 0.306 e. The Kier molecular flexibility index (Phi) is 3.81. The van der Waals surface area contributed by atoms with E-state index < -0.39 is 17.4 Å². The summed E-state index contributed by atoms with van der Waals surface area (Å²) in [6.45, 7) is 4.91. The molecule has 2 aromatic carbocycles. The van der Waals surface area contributed by atoms with Crippen molar-refractivity contribution in [1.82, 2.24) is 4.90 Å². The van der Waals surface area contributed by atoms with Crippen LogP contribution in [0.1, 0.15) is 18.4 Å². The minimum Gasteiger partial charge on any atom is -0.306 e. The molecule has 4 heterocycles. The SMILES string of the molecule is C=CCN1C(=O)C2(c3ccccc31)C1C(=O)N(c3ccccc3)C(=O)C1C1CCCN12. The number of hydrogen-bond acceptors (Lipinski definition) is 4. The van der Waals surface area contributed by atoms with Crippen molar-refractivity contribution in [3.63, 3.8) is 0 Å². The monoisotopic (exact) mass is 413 g/mol. The lowest BCUT2D eigenvalue weighted by Gasteiger charge is -2.37. The van der Waals surface area contributed by atoms with E-state index in [9.17, 15) is 14.4 Å². The van der Waals surface area contributed by atoms with Crippen LogP contribution in [0.25, 0.3) is 0 Å². The molecule has 31 heavy (non-hydrogen) atoms. The molecular weight excluding hydrogens is 390 g/mol. The standard InChI is InChI=1S/C25H23N3O3/c1-2-14-26-18-12-7-6-11-17(18)25(24(26)31)21-20(19-13-8-15-27(19)25)22(29)28(23(21)30)16-9-4-3-5-10-16/h2-7,9-12,19-21H,1,8,13-15H2. The molecule has 0 aliphatic carbocycles. The zero-order valence-electron chi connectivity index (χ0n) is 17.1. The highest BCUT2D eigenvalue weighted by Crippen LogP contribution is 2.61. The van der Waals surface area contributed by atoms with E-state index >= 15 is 0 Å². The van der Waals surface area contributed by atoms with Gasteiger partial charge in [-0.2, -0.15) is 0 Å². The highest BCUT2D eigenvalue weighted by molar-refractivity contribution is 6.26. The maximum absolute atomic E-state index is 14.1. The van der Waals surface area contributed by atoms with Crippen LogP contribution in [0.2, 0.25) is 0 Å². The van der Waals surface area contributed by atoms with E-state index in [0.29, 0.717) is 18.8 Å². The van der Waals surface area contributed by atoms with Gasteiger partial charge in [-0.25, -0.2) is 4.90 Å². The highest BCUT2D eigenvalue weighted by atomic mass is 16.2. The molecule has 0 N–H and O–H groups in total. The topological polar surface area (TPSA) is 60.9 Å². The Morgan fingerprint density at radius 3 is 2.52 bits per heavy atom. The van der Waals surface area contributed by atoms with Gasteiger partial charge in [-0.05, 0) is 37.6 Å². The summed E-state index contributed by atoms with van der Waals surface area (Å²) < 4.78 is 0. The van der Waals surface area contributed by atoms with Gasteiger partial charge in [-0.15, -0.1) is 6.58 Å². The van der Waals surface area contributed by atoms with E-state index in [4.69, 9.17) is 0 Å². The van der Waals surface area contributed by atoms with Gasteiger partial charge in [-0.3, -0.25) is 19.3 Å². The van der Waals surface area contributed by atoms with Gasteiger partial charge in [0.2, 0.25) is 11.8 Å². The number of hydrogen-bond donors (Lipinski definition) is 0. The molecule has 6 nitrogen and oxygen atoms in total. The van der Waals surface area contributed by atoms with Crippen molar-refractivity contribution in [2.45, 2.75) is 24.4 Å². The van der Waals surface area contributed by atoms with E-state index in [1.54, 1.807) is 23.1 Å². The average Bonchev–Trinajstić information content (AvgIpc) is 3.48. The molecule has 3 amide bonds. The van der Waals surface area contributed by atoms with Crippen LogP contribution in [-0.2, 0) is 19.9 Å². The summed E-state index contributed by atoms with van der Waals surface area (Å²) in [5.74, 6) is -1.77. The highest BCUT2D eigenvalue weighted by Gasteiger charge is 2.75. The summed E-state index contributed by atoms with van der Waals surface area (Å²) >= 11 is 0. The van der Waals surface area contributed by atoms with E-state index in [2.05, 4.69) is 11.5 Å². The number of amides is 3. The Bertz CT molecular complexity index is 1130. The Labute approximate surface area is 180 Å². The number of fused-ring (bicyclic) bond motifs is 7. The Morgan fingerprint density at radius 1 is 1.00 bits per heavy atom. The average molecular weight is 413 g/mol. The minimum atomic E-state index is -1.12. The van der Waals surface area contributed by atoms with Crippen LogP contribution in [0, 0.1) is 11.8 Å². The molecule has 3 saturated heterocycles. The fourth-order valence-corrected chi connectivity index (χ4v) is 6.48. The van der Waals surface area contributed by atoms with Gasteiger partial charge in [-0.1, -0.05) is 42.5 Å². The smallest absolute Gasteiger partial charge is 0.253 e. The van der Waals surface area contributed by atoms with Gasteiger partial charge < -0.3 is 4.90 Å². The Morgan fingerprint density at radius 2 is 1.74 bits per heavy atom. The number of para-hydroxylation sites is 2. The van der Waals surface area contributed by atoms with E-state index in [0.717, 1.165) is 24.1 Å². The quantitative estimate of drug-likeness (QED) is 0.574. The maximum atomic E-state index is 14.1. The molecule has 3 fully saturated rings. The zero-order valence-corrected chi connectivity index (χ0v) is 17.1. The molecule has 2 aromatic rings. The first-order valence-corrected chi connectivity index (χ1v) is 10.8. The van der Waals surface area contributed by atoms with Gasteiger partial charge in [0.25, 0.3) is 5.91 Å². The third-order valence-corrected chi connectivity index (χ3v) is 7.47. The summed E-state index contributed by atoms with van der Waals surface area (Å²) in [7, 11) is 0. The molecule has 6 heteroatoms. The molecule has 0 saturated carbocycles. The summed E-state index contributed by atoms with van der Waals surface area (Å²) in [5.41, 5.74) is 1.12. The fourth-order valence-electron chi connectivity index (χ4n) is 6.48. The van der Waals surface area contributed by atoms with Crippen LogP contribution in [0.3, 0.4) is 0 Å². The lowest BCUT2D eigenvalue weighted by atomic mass is 9.75. The van der Waals surface area contributed by atoms with Crippen molar-refractivity contribution in [1.29, 1.82) is 0 Å². The second kappa shape index (κ2) is 6.37. The molecular formula is C25H23N3O3. The first-order chi connectivity index (χ1) is 15.1. The molecule has 156 valence electrons. The normalized spacial score (nSPS) is 31.5. The predicted molar refractivity (Wildman–Crippen MR) is 116 cm³/mol. The van der Waals surface area contributed by atoms with Gasteiger partial charge in [0.1, 0.15) is 5.54 Å². The van der Waals surface area contributed by atoms with Gasteiger partial charge in [0, 0.05) is 23.8 Å². The number of rotatable bonds is 3. The Balaban J connectivity index is 1.58. The van der Waals surface area contributed by atoms with Crippen LogP contribution in [0.4, 0.5) is 11.4 Å². The Hall–Kier alpha value is -3.25. The third-order valence-electron chi connectivity index (χ3n) is 7.47. The molecule has 4 unspecified atom stereocenters. The number of carbonyl (C=O) groups excluding carboxylic acids is 3. The number of imide groups is 1. The molecule has 0 radical (unpaired) electrons. The number of carbonyl (C=O) groups is 3. The van der Waals surface area contributed by atoms with Crippen LogP contribution < -0.4 is 9.80 Å². The second-order valence-electron chi connectivity index (χ2n) is 8.74. The van der Waals surface area contributed by atoms with Crippen LogP contribution in [0.5, 0.6) is 0 Å². The van der Waals surface area contributed by atoms with Crippen molar-refractivity contribution < 1.29 is 14.4 Å². The first kappa shape index (κ1) is 18.5. The number of benzene rings is 2. The van der Waals surface area contributed by atoms with Gasteiger partial charge >= 0.3 is 0 Å². The molecule has 1 spiro atoms. The van der Waals surface area contributed by atoms with Crippen LogP contribution >= 0.6 is 0 Å². The molecule has 4 atom stereocenters. The molecule has 4 aliphatic rings. The minimum absolute atomic E-state index is 0.101. The maximum Gasteiger partial charge on any atom is 0.253 e. The van der Waals surface area contributed by atoms with E-state index in [1.807, 2.05) is 42.5 Å². The van der Waals surface area contributed by atoms with E-state index in [1.165, 1.54) is 4.90 Å². The van der Waals surface area contributed by atoms with E-state index in [-0.39, 0.29) is 23.8 Å². The first-order valence-electron chi connectivity index (χ1n) is 10.8. The van der Waals surface area contributed by atoms with Gasteiger partial charge in [0.15, 0.2) is 0 Å². The summed E-state index contributed by atoms with van der Waals surface area (Å²) in [6, 6.07) is 16.7. The fraction of sp³-hybridized carbons (Fsp3) is 0.320. The third kappa shape index (κ3) is 2.08. The van der Waals surface area contributed by atoms with Crippen LogP contribution in [-0.4, -0.2) is 41.8 Å². The van der Waals surface area contributed by atoms with Crippen molar-refractivity contribution in [2.75, 3.05) is 22.9 Å². The van der Waals surface area contributed by atoms with Crippen LogP contribution in [0.15, 0.2) is 67.3 Å². The molecule has 6 rings (SSSR count). The summed E-state index contributed by atoms with van der Waals surface area (Å²) in [4.78, 5) is 46.9. The van der Waals surface area contributed by atoms with Crippen molar-refractivity contribution >= 4 is 29.1 Å². The lowest BCUT2D eigenvalue weighted by Crippen LogP contribution is -2.56. The van der Waals surface area contributed by atoms with Crippen molar-refractivity contribution in [2.24, 2.45) is 11.8 Å². The predicted octanol–water partition coefficient (Wildman–Crippen LogP) is 2.70. The summed E-state index contributed by atoms with van der Waals surface area (Å²) in [5, 5.41) is 0. The lowest BCUT2D eigenvalue weighted by molar-refractivity contribution is -0.137. The second-order valence-corrected chi connectivity index (χ2v) is 8.74. The van der Waals surface area contributed by atoms with Crippen molar-refractivity contribution in [3.05, 3.63) is 72.8 Å². The van der Waals surface area contributed by atoms with Crippen molar-refractivity contribution in [3.8, 4) is 0 Å². The number of anilines is 2. The molecule has 4 aliphatic heterocycles. The zero-order chi connectivity index (χ0) is 21.3.